The Morgan fingerprint density at radius 3 is 2.40 bits per heavy atom. The van der Waals surface area contributed by atoms with E-state index >= 15 is 0 Å². The van der Waals surface area contributed by atoms with Gasteiger partial charge in [-0.3, -0.25) is 9.36 Å². The minimum absolute atomic E-state index is 0.206. The van der Waals surface area contributed by atoms with Crippen molar-refractivity contribution in [2.45, 2.75) is 102 Å². The fourth-order valence-electron chi connectivity index (χ4n) is 7.68. The molecule has 3 aromatic rings. The third-order valence-electron chi connectivity index (χ3n) is 11.2. The molecule has 1 aliphatic carbocycles. The fourth-order valence-corrected chi connectivity index (χ4v) is 8.62. The third-order valence-corrected chi connectivity index (χ3v) is 12.3. The summed E-state index contributed by atoms with van der Waals surface area (Å²) >= 11 is 1.64. The number of hydrogen-bond acceptors (Lipinski definition) is 7. The van der Waals surface area contributed by atoms with Crippen LogP contribution in [0, 0.1) is 28.6 Å². The minimum Gasteiger partial charge on any atom is -0.358 e. The Kier molecular flexibility index (Phi) is 13.0. The Bertz CT molecular complexity index is 1560. The molecule has 258 valence electrons. The van der Waals surface area contributed by atoms with Crippen molar-refractivity contribution >= 4 is 34.4 Å². The van der Waals surface area contributed by atoms with Gasteiger partial charge in [-0.15, -0.1) is 0 Å². The van der Waals surface area contributed by atoms with Crippen LogP contribution in [0.2, 0.25) is 0 Å². The number of amides is 1. The quantitative estimate of drug-likeness (QED) is 0.176. The first kappa shape index (κ1) is 35.9. The van der Waals surface area contributed by atoms with E-state index in [9.17, 15) is 14.9 Å². The lowest BCUT2D eigenvalue weighted by Crippen LogP contribution is -2.46. The number of benzene rings is 2. The average molecular weight is 671 g/mol. The van der Waals surface area contributed by atoms with Gasteiger partial charge in [0.1, 0.15) is 17.9 Å². The van der Waals surface area contributed by atoms with Gasteiger partial charge in [0.15, 0.2) is 0 Å². The maximum atomic E-state index is 14.0. The molecule has 2 atom stereocenters. The smallest absolute Gasteiger partial charge is 0.350 e. The van der Waals surface area contributed by atoms with Gasteiger partial charge in [-0.2, -0.15) is 22.0 Å². The zero-order valence-electron chi connectivity index (χ0n) is 29.1. The number of thioether (sulfide) groups is 1. The summed E-state index contributed by atoms with van der Waals surface area (Å²) in [6.07, 6.45) is 10.8. The first-order valence-corrected chi connectivity index (χ1v) is 19.2. The summed E-state index contributed by atoms with van der Waals surface area (Å²) < 4.78 is 1.81. The normalized spacial score (nSPS) is 18.6. The van der Waals surface area contributed by atoms with Crippen LogP contribution in [0.5, 0.6) is 0 Å². The number of para-hydroxylation sites is 1. The second-order valence-corrected chi connectivity index (χ2v) is 15.3. The third kappa shape index (κ3) is 9.41. The van der Waals surface area contributed by atoms with E-state index in [1.54, 1.807) is 16.3 Å². The molecule has 0 radical (unpaired) electrons. The zero-order chi connectivity index (χ0) is 33.9. The number of nitrogens with one attached hydrogen (secondary N) is 2. The number of hydrogen-bond donors (Lipinski definition) is 2. The van der Waals surface area contributed by atoms with E-state index in [0.717, 1.165) is 61.8 Å². The van der Waals surface area contributed by atoms with Gasteiger partial charge >= 0.3 is 5.69 Å². The molecule has 48 heavy (non-hydrogen) atoms. The second kappa shape index (κ2) is 17.3. The molecule has 5 rings (SSSR count). The van der Waals surface area contributed by atoms with E-state index in [2.05, 4.69) is 59.6 Å². The maximum Gasteiger partial charge on any atom is 0.350 e. The molecule has 9 heteroatoms. The first-order valence-electron chi connectivity index (χ1n) is 18.1. The number of piperidine rings is 1. The van der Waals surface area contributed by atoms with E-state index < -0.39 is 12.1 Å². The van der Waals surface area contributed by atoms with Crippen molar-refractivity contribution in [1.29, 1.82) is 5.26 Å². The van der Waals surface area contributed by atoms with Crippen molar-refractivity contribution in [1.82, 2.24) is 19.8 Å². The fraction of sp³-hybridized carbons (Fsp3) is 0.590. The number of likely N-dealkylation sites (tertiary alicyclic amines) is 1. The molecule has 1 aliphatic heterocycles. The van der Waals surface area contributed by atoms with Gasteiger partial charge in [0, 0.05) is 23.4 Å². The molecule has 0 bridgehead atoms. The number of rotatable bonds is 15. The van der Waals surface area contributed by atoms with Crippen LogP contribution in [-0.2, 0) is 17.1 Å². The van der Waals surface area contributed by atoms with Gasteiger partial charge in [-0.05, 0) is 106 Å². The summed E-state index contributed by atoms with van der Waals surface area (Å²) in [7, 11) is 2.17. The number of aryl methyl sites for hydroxylation is 1. The molecule has 1 saturated heterocycles. The average Bonchev–Trinajstić information content (AvgIpc) is 3.12. The standard InChI is InChI=1S/C39H54N6O2S/c1-4-39(5-2)20-15-30(16-21-39)25-34(37(46)41-32(26-40)28-48-27-31-11-7-6-8-12-31)42-36-33-13-9-10-14-35(33)45(38(47)43-36)24-19-29-17-22-44(3)23-18-29/h6-14,29-30,32,34H,4-5,15-25,27-28H2,1-3H3,(H,41,46)(H,42,43,47)/t32-,34+/m1/s1. The molecular formula is C39H54N6O2S. The van der Waals surface area contributed by atoms with Crippen LogP contribution in [0.1, 0.15) is 83.6 Å². The summed E-state index contributed by atoms with van der Waals surface area (Å²) in [5.41, 5.74) is 2.15. The van der Waals surface area contributed by atoms with Crippen molar-refractivity contribution in [2.24, 2.45) is 17.3 Å². The van der Waals surface area contributed by atoms with Crippen LogP contribution >= 0.6 is 11.8 Å². The molecule has 1 amide bonds. The second-order valence-electron chi connectivity index (χ2n) is 14.2. The number of aromatic nitrogens is 2. The predicted molar refractivity (Wildman–Crippen MR) is 198 cm³/mol. The summed E-state index contributed by atoms with van der Waals surface area (Å²) in [5, 5.41) is 17.3. The lowest BCUT2D eigenvalue weighted by molar-refractivity contribution is -0.122. The summed E-state index contributed by atoms with van der Waals surface area (Å²) in [6, 6.07) is 19.1. The molecule has 0 unspecified atom stereocenters. The SMILES string of the molecule is CCC1(CC)CCC(C[C@H](Nc2nc(=O)n(CCC3CCN(C)CC3)c3ccccc23)C(=O)N[C@H](C#N)CSCc2ccccc2)CC1. The van der Waals surface area contributed by atoms with Crippen molar-refractivity contribution in [2.75, 3.05) is 31.2 Å². The van der Waals surface area contributed by atoms with Gasteiger partial charge in [0.25, 0.3) is 0 Å². The molecule has 2 heterocycles. The summed E-state index contributed by atoms with van der Waals surface area (Å²) in [4.78, 5) is 34.5. The van der Waals surface area contributed by atoms with Crippen LogP contribution in [0.25, 0.3) is 10.9 Å². The molecule has 2 fully saturated rings. The van der Waals surface area contributed by atoms with E-state index in [-0.39, 0.29) is 11.6 Å². The molecule has 8 nitrogen and oxygen atoms in total. The lowest BCUT2D eigenvalue weighted by Gasteiger charge is -2.40. The van der Waals surface area contributed by atoms with Crippen LogP contribution in [0.4, 0.5) is 5.82 Å². The molecule has 1 aromatic heterocycles. The number of carbonyl (C=O) groups is 1. The van der Waals surface area contributed by atoms with E-state index in [1.165, 1.54) is 31.2 Å². The predicted octanol–water partition coefficient (Wildman–Crippen LogP) is 7.24. The Labute approximate surface area is 291 Å². The highest BCUT2D eigenvalue weighted by atomic mass is 32.2. The Balaban J connectivity index is 1.33. The molecule has 2 N–H and O–H groups in total. The van der Waals surface area contributed by atoms with Crippen molar-refractivity contribution in [3.05, 3.63) is 70.6 Å². The van der Waals surface area contributed by atoms with E-state index in [1.807, 2.05) is 42.5 Å². The Hall–Kier alpha value is -3.35. The van der Waals surface area contributed by atoms with Crippen molar-refractivity contribution < 1.29 is 4.79 Å². The molecular weight excluding hydrogens is 617 g/mol. The van der Waals surface area contributed by atoms with Crippen LogP contribution < -0.4 is 16.3 Å². The van der Waals surface area contributed by atoms with Gasteiger partial charge in [0.2, 0.25) is 5.91 Å². The molecule has 2 aliphatic rings. The molecule has 1 saturated carbocycles. The molecule has 0 spiro atoms. The summed E-state index contributed by atoms with van der Waals surface area (Å²) in [5.74, 6) is 2.50. The van der Waals surface area contributed by atoms with Crippen molar-refractivity contribution in [3.63, 3.8) is 0 Å². The Morgan fingerprint density at radius 2 is 1.71 bits per heavy atom. The van der Waals surface area contributed by atoms with Crippen LogP contribution in [-0.4, -0.2) is 58.3 Å². The van der Waals surface area contributed by atoms with E-state index in [0.29, 0.717) is 41.8 Å². The number of carbonyl (C=O) groups excluding carboxylic acids is 1. The van der Waals surface area contributed by atoms with E-state index in [4.69, 9.17) is 0 Å². The molecule has 2 aromatic carbocycles. The largest absolute Gasteiger partial charge is 0.358 e. The van der Waals surface area contributed by atoms with Gasteiger partial charge in [-0.1, -0.05) is 69.2 Å². The summed E-state index contributed by atoms with van der Waals surface area (Å²) in [6.45, 7) is 7.43. The highest BCUT2D eigenvalue weighted by Crippen LogP contribution is 2.45. The topological polar surface area (TPSA) is 103 Å². The first-order chi connectivity index (χ1) is 23.3. The minimum atomic E-state index is -0.619. The monoisotopic (exact) mass is 670 g/mol. The van der Waals surface area contributed by atoms with Gasteiger partial charge in [-0.25, -0.2) is 4.79 Å². The van der Waals surface area contributed by atoms with Gasteiger partial charge in [0.05, 0.1) is 11.6 Å². The highest BCUT2D eigenvalue weighted by Gasteiger charge is 2.35. The number of anilines is 1. The lowest BCUT2D eigenvalue weighted by atomic mass is 9.66. The maximum absolute atomic E-state index is 14.0. The Morgan fingerprint density at radius 1 is 1.02 bits per heavy atom. The van der Waals surface area contributed by atoms with Crippen molar-refractivity contribution in [3.8, 4) is 6.07 Å². The van der Waals surface area contributed by atoms with Crippen LogP contribution in [0.3, 0.4) is 0 Å². The van der Waals surface area contributed by atoms with Gasteiger partial charge < -0.3 is 15.5 Å². The number of fused-ring (bicyclic) bond motifs is 1. The number of nitriles is 1. The zero-order valence-corrected chi connectivity index (χ0v) is 29.9. The van der Waals surface area contributed by atoms with Crippen LogP contribution in [0.15, 0.2) is 59.4 Å². The number of nitrogens with zero attached hydrogens (tertiary/aromatic N) is 4. The highest BCUT2D eigenvalue weighted by molar-refractivity contribution is 7.98.